The van der Waals surface area contributed by atoms with Crippen LogP contribution in [0.1, 0.15) is 10.8 Å². The number of carbonyl (C=O) groups excluding carboxylic acids is 1. The van der Waals surface area contributed by atoms with Gasteiger partial charge in [-0.2, -0.15) is 0 Å². The van der Waals surface area contributed by atoms with E-state index in [1.54, 1.807) is 12.1 Å². The summed E-state index contributed by atoms with van der Waals surface area (Å²) < 4.78 is 0. The highest BCUT2D eigenvalue weighted by atomic mass is 35.5. The lowest BCUT2D eigenvalue weighted by molar-refractivity contribution is -0.138. The van der Waals surface area contributed by atoms with Crippen molar-refractivity contribution in [1.29, 1.82) is 0 Å². The normalized spacial score (nSPS) is 18.6. The molecule has 7 nitrogen and oxygen atoms in total. The highest BCUT2D eigenvalue weighted by molar-refractivity contribution is 7.99. The topological polar surface area (TPSA) is 107 Å². The minimum Gasteiger partial charge on any atom is -0.480 e. The van der Waals surface area contributed by atoms with Gasteiger partial charge in [0.05, 0.1) is 17.5 Å². The predicted octanol–water partition coefficient (Wildman–Crippen LogP) is 2.42. The number of carbonyl (C=O) groups is 3. The summed E-state index contributed by atoms with van der Waals surface area (Å²) in [5, 5.41) is 20.7. The van der Waals surface area contributed by atoms with Gasteiger partial charge in [0, 0.05) is 4.90 Å². The molecule has 2 aromatic carbocycles. The Morgan fingerprint density at radius 1 is 1.00 bits per heavy atom. The summed E-state index contributed by atoms with van der Waals surface area (Å²) >= 11 is 1.41. The average molecular weight is 423 g/mol. The summed E-state index contributed by atoms with van der Waals surface area (Å²) in [6, 6.07) is 15.5. The standard InChI is InChI=1S/C19H18N2O5S.ClH/c22-15(23)10-20-17-18(12-6-2-1-3-7-12)27-14-9-5-4-8-13(14)21(19(17)26)11-16(24)25;/h1-9,17-18,20H,10-11H2,(H,22,23)(H,24,25);1H. The number of rotatable bonds is 6. The van der Waals surface area contributed by atoms with Crippen molar-refractivity contribution in [2.75, 3.05) is 18.0 Å². The molecular weight excluding hydrogens is 404 g/mol. The lowest BCUT2D eigenvalue weighted by Crippen LogP contribution is -2.50. The van der Waals surface area contributed by atoms with Gasteiger partial charge >= 0.3 is 11.9 Å². The van der Waals surface area contributed by atoms with Gasteiger partial charge in [-0.05, 0) is 17.7 Å². The highest BCUT2D eigenvalue weighted by Crippen LogP contribution is 2.45. The first-order valence-electron chi connectivity index (χ1n) is 8.26. The quantitative estimate of drug-likeness (QED) is 0.656. The van der Waals surface area contributed by atoms with E-state index >= 15 is 0 Å². The summed E-state index contributed by atoms with van der Waals surface area (Å²) in [6.07, 6.45) is 0. The number of benzene rings is 2. The first-order valence-corrected chi connectivity index (χ1v) is 9.14. The number of hydrogen-bond donors (Lipinski definition) is 3. The van der Waals surface area contributed by atoms with E-state index in [4.69, 9.17) is 5.11 Å². The molecule has 9 heteroatoms. The number of aliphatic carboxylic acids is 2. The van der Waals surface area contributed by atoms with E-state index in [1.807, 2.05) is 42.5 Å². The fourth-order valence-corrected chi connectivity index (χ4v) is 4.37. The van der Waals surface area contributed by atoms with Crippen LogP contribution < -0.4 is 10.2 Å². The van der Waals surface area contributed by atoms with Crippen LogP contribution in [-0.4, -0.2) is 47.2 Å². The number of carboxylic acid groups (broad SMARTS) is 2. The van der Waals surface area contributed by atoms with Crippen LogP contribution in [0.2, 0.25) is 0 Å². The second-order valence-corrected chi connectivity index (χ2v) is 7.17. The van der Waals surface area contributed by atoms with Crippen LogP contribution in [0.3, 0.4) is 0 Å². The number of thioether (sulfide) groups is 1. The van der Waals surface area contributed by atoms with Crippen molar-refractivity contribution in [2.24, 2.45) is 0 Å². The monoisotopic (exact) mass is 422 g/mol. The van der Waals surface area contributed by atoms with Crippen molar-refractivity contribution < 1.29 is 24.6 Å². The van der Waals surface area contributed by atoms with Crippen LogP contribution in [0.15, 0.2) is 59.5 Å². The van der Waals surface area contributed by atoms with Crippen LogP contribution in [0.4, 0.5) is 5.69 Å². The maximum Gasteiger partial charge on any atom is 0.323 e. The molecule has 2 unspecified atom stereocenters. The van der Waals surface area contributed by atoms with E-state index in [9.17, 15) is 19.5 Å². The smallest absolute Gasteiger partial charge is 0.323 e. The fraction of sp³-hybridized carbons (Fsp3) is 0.211. The Hall–Kier alpha value is -2.55. The third-order valence-electron chi connectivity index (χ3n) is 4.14. The number of anilines is 1. The maximum atomic E-state index is 13.2. The Morgan fingerprint density at radius 2 is 1.64 bits per heavy atom. The Morgan fingerprint density at radius 3 is 2.29 bits per heavy atom. The van der Waals surface area contributed by atoms with Gasteiger partial charge in [-0.1, -0.05) is 42.5 Å². The van der Waals surface area contributed by atoms with Crippen LogP contribution in [0.25, 0.3) is 0 Å². The van der Waals surface area contributed by atoms with Gasteiger partial charge in [-0.3, -0.25) is 24.6 Å². The van der Waals surface area contributed by atoms with Crippen molar-refractivity contribution in [3.05, 3.63) is 60.2 Å². The van der Waals surface area contributed by atoms with E-state index < -0.39 is 42.2 Å². The molecule has 0 aromatic heterocycles. The number of nitrogens with zero attached hydrogens (tertiary/aromatic N) is 1. The molecule has 148 valence electrons. The predicted molar refractivity (Wildman–Crippen MR) is 108 cm³/mol. The van der Waals surface area contributed by atoms with E-state index in [0.717, 1.165) is 10.5 Å². The highest BCUT2D eigenvalue weighted by Gasteiger charge is 2.39. The second kappa shape index (κ2) is 9.59. The van der Waals surface area contributed by atoms with Gasteiger partial charge < -0.3 is 10.2 Å². The molecular formula is C19H19ClN2O5S. The van der Waals surface area contributed by atoms with Gasteiger partial charge in [-0.15, -0.1) is 24.2 Å². The average Bonchev–Trinajstić information content (AvgIpc) is 2.76. The summed E-state index contributed by atoms with van der Waals surface area (Å²) in [6.45, 7) is -0.902. The molecule has 0 saturated carbocycles. The number of halogens is 1. The molecule has 1 heterocycles. The minimum absolute atomic E-state index is 0. The Balaban J connectivity index is 0.00000280. The number of amides is 1. The zero-order valence-electron chi connectivity index (χ0n) is 14.6. The van der Waals surface area contributed by atoms with Gasteiger partial charge in [0.15, 0.2) is 0 Å². The number of hydrogen-bond acceptors (Lipinski definition) is 5. The molecule has 28 heavy (non-hydrogen) atoms. The first kappa shape index (κ1) is 21.7. The van der Waals surface area contributed by atoms with Gasteiger partial charge in [0.2, 0.25) is 5.91 Å². The van der Waals surface area contributed by atoms with E-state index in [2.05, 4.69) is 5.32 Å². The number of carboxylic acids is 2. The summed E-state index contributed by atoms with van der Waals surface area (Å²) in [7, 11) is 0. The second-order valence-electron chi connectivity index (χ2n) is 5.99. The maximum absolute atomic E-state index is 13.2. The number of para-hydroxylation sites is 1. The molecule has 3 N–H and O–H groups in total. The molecule has 2 atom stereocenters. The molecule has 1 aliphatic rings. The lowest BCUT2D eigenvalue weighted by Gasteiger charge is -2.27. The van der Waals surface area contributed by atoms with Crippen molar-refractivity contribution in [3.63, 3.8) is 0 Å². The van der Waals surface area contributed by atoms with E-state index in [1.165, 1.54) is 16.7 Å². The zero-order chi connectivity index (χ0) is 19.4. The molecule has 0 spiro atoms. The molecule has 0 aliphatic carbocycles. The Labute approximate surface area is 172 Å². The van der Waals surface area contributed by atoms with Crippen molar-refractivity contribution in [1.82, 2.24) is 5.32 Å². The van der Waals surface area contributed by atoms with Gasteiger partial charge in [0.25, 0.3) is 0 Å². The van der Waals surface area contributed by atoms with Crippen molar-refractivity contribution in [2.45, 2.75) is 16.2 Å². The Kier molecular flexibility index (Phi) is 7.45. The molecule has 0 radical (unpaired) electrons. The van der Waals surface area contributed by atoms with Crippen LogP contribution in [0.5, 0.6) is 0 Å². The molecule has 2 aromatic rings. The van der Waals surface area contributed by atoms with E-state index in [-0.39, 0.29) is 12.4 Å². The summed E-state index contributed by atoms with van der Waals surface area (Å²) in [5.74, 6) is -2.70. The molecule has 3 rings (SSSR count). The molecule has 0 saturated heterocycles. The Bertz CT molecular complexity index is 864. The van der Waals surface area contributed by atoms with Gasteiger partial charge in [0.1, 0.15) is 12.6 Å². The molecule has 1 aliphatic heterocycles. The third-order valence-corrected chi connectivity index (χ3v) is 5.54. The molecule has 0 fully saturated rings. The fourth-order valence-electron chi connectivity index (χ4n) is 2.99. The number of fused-ring (bicyclic) bond motifs is 1. The minimum atomic E-state index is -1.14. The largest absolute Gasteiger partial charge is 0.480 e. The van der Waals surface area contributed by atoms with Crippen LogP contribution >= 0.6 is 24.2 Å². The van der Waals surface area contributed by atoms with Crippen molar-refractivity contribution >= 4 is 47.7 Å². The SMILES string of the molecule is Cl.O=C(O)CNC1C(=O)N(CC(=O)O)c2ccccc2SC1c1ccccc1. The lowest BCUT2D eigenvalue weighted by atomic mass is 10.0. The summed E-state index contributed by atoms with van der Waals surface area (Å²) in [4.78, 5) is 37.6. The number of nitrogens with one attached hydrogen (secondary N) is 1. The van der Waals surface area contributed by atoms with Crippen LogP contribution in [0, 0.1) is 0 Å². The van der Waals surface area contributed by atoms with E-state index in [0.29, 0.717) is 5.69 Å². The van der Waals surface area contributed by atoms with Crippen LogP contribution in [-0.2, 0) is 14.4 Å². The zero-order valence-corrected chi connectivity index (χ0v) is 16.3. The van der Waals surface area contributed by atoms with Gasteiger partial charge in [-0.25, -0.2) is 0 Å². The molecule has 1 amide bonds. The third kappa shape index (κ3) is 4.83. The molecule has 0 bridgehead atoms. The summed E-state index contributed by atoms with van der Waals surface area (Å²) in [5.41, 5.74) is 1.36. The van der Waals surface area contributed by atoms with Crippen molar-refractivity contribution in [3.8, 4) is 0 Å². The first-order chi connectivity index (χ1) is 13.0.